The van der Waals surface area contributed by atoms with Crippen LogP contribution >= 0.6 is 11.8 Å². The maximum Gasteiger partial charge on any atom is 0.321 e. The summed E-state index contributed by atoms with van der Waals surface area (Å²) in [5.41, 5.74) is 5.48. The second kappa shape index (κ2) is 4.52. The lowest BCUT2D eigenvalue weighted by Gasteiger charge is -2.27. The van der Waals surface area contributed by atoms with E-state index < -0.39 is 16.8 Å². The Labute approximate surface area is 77.0 Å². The highest BCUT2D eigenvalue weighted by Gasteiger charge is 2.31. The Balaban J connectivity index is 4.17. The molecule has 0 rings (SSSR count). The third kappa shape index (κ3) is 3.28. The van der Waals surface area contributed by atoms with Crippen molar-refractivity contribution in [3.05, 3.63) is 12.7 Å². The molecule has 0 aromatic rings. The number of carbonyl (C=O) groups is 1. The Hall–Kier alpha value is -0.480. The van der Waals surface area contributed by atoms with E-state index in [1.54, 1.807) is 6.08 Å². The zero-order chi connectivity index (χ0) is 9.78. The molecule has 0 unspecified atom stereocenters. The molecule has 0 heterocycles. The van der Waals surface area contributed by atoms with Crippen LogP contribution in [0, 0.1) is 0 Å². The summed E-state index contributed by atoms with van der Waals surface area (Å²) in [5.74, 6) is -0.245. The fraction of sp³-hybridized carbons (Fsp3) is 0.625. The molecule has 0 spiro atoms. The van der Waals surface area contributed by atoms with Crippen molar-refractivity contribution in [2.45, 2.75) is 24.6 Å². The van der Waals surface area contributed by atoms with Gasteiger partial charge in [0.1, 0.15) is 6.04 Å². The van der Waals surface area contributed by atoms with Crippen LogP contribution in [0.3, 0.4) is 0 Å². The maximum absolute atomic E-state index is 10.5. The van der Waals surface area contributed by atoms with Crippen LogP contribution in [0.15, 0.2) is 12.7 Å². The lowest BCUT2D eigenvalue weighted by molar-refractivity contribution is -0.139. The Morgan fingerprint density at radius 3 is 2.67 bits per heavy atom. The second-order valence-electron chi connectivity index (χ2n) is 3.02. The van der Waals surface area contributed by atoms with Gasteiger partial charge in [-0.25, -0.2) is 0 Å². The molecule has 70 valence electrons. The number of rotatable bonds is 5. The highest BCUT2D eigenvalue weighted by Crippen LogP contribution is 2.27. The van der Waals surface area contributed by atoms with E-state index in [-0.39, 0.29) is 0 Å². The summed E-state index contributed by atoms with van der Waals surface area (Å²) >= 11 is 1.49. The average Bonchev–Trinajstić information content (AvgIpc) is 1.99. The molecule has 3 nitrogen and oxygen atoms in total. The van der Waals surface area contributed by atoms with Gasteiger partial charge in [0.25, 0.3) is 0 Å². The number of aliphatic carboxylic acids is 1. The van der Waals surface area contributed by atoms with Crippen LogP contribution in [0.2, 0.25) is 0 Å². The summed E-state index contributed by atoms with van der Waals surface area (Å²) in [6, 6.07) is -0.831. The van der Waals surface area contributed by atoms with E-state index in [2.05, 4.69) is 6.58 Å². The Morgan fingerprint density at radius 1 is 1.83 bits per heavy atom. The summed E-state index contributed by atoms with van der Waals surface area (Å²) in [6.07, 6.45) is 1.74. The van der Waals surface area contributed by atoms with Gasteiger partial charge >= 0.3 is 5.97 Å². The highest BCUT2D eigenvalue weighted by molar-refractivity contribution is 8.00. The molecule has 0 saturated heterocycles. The van der Waals surface area contributed by atoms with Gasteiger partial charge in [0.15, 0.2) is 0 Å². The molecule has 0 amide bonds. The van der Waals surface area contributed by atoms with Gasteiger partial charge in [-0.15, -0.1) is 18.3 Å². The van der Waals surface area contributed by atoms with E-state index in [0.29, 0.717) is 5.75 Å². The van der Waals surface area contributed by atoms with E-state index in [0.717, 1.165) is 0 Å². The zero-order valence-corrected chi connectivity index (χ0v) is 8.23. The Bertz CT molecular complexity index is 180. The van der Waals surface area contributed by atoms with Gasteiger partial charge in [0.2, 0.25) is 0 Å². The van der Waals surface area contributed by atoms with E-state index >= 15 is 0 Å². The van der Waals surface area contributed by atoms with E-state index in [1.807, 2.05) is 13.8 Å². The minimum Gasteiger partial charge on any atom is -0.480 e. The van der Waals surface area contributed by atoms with Crippen LogP contribution in [0.5, 0.6) is 0 Å². The molecule has 0 aromatic carbocycles. The number of carboxylic acids is 1. The first-order valence-electron chi connectivity index (χ1n) is 3.65. The third-order valence-electron chi connectivity index (χ3n) is 1.59. The van der Waals surface area contributed by atoms with Gasteiger partial charge in [-0.1, -0.05) is 6.08 Å². The first kappa shape index (κ1) is 11.5. The fourth-order valence-corrected chi connectivity index (χ4v) is 1.49. The number of hydrogen-bond donors (Lipinski definition) is 2. The lowest BCUT2D eigenvalue weighted by atomic mass is 10.1. The zero-order valence-electron chi connectivity index (χ0n) is 7.41. The molecule has 0 aromatic heterocycles. The van der Waals surface area contributed by atoms with Gasteiger partial charge in [0.05, 0.1) is 0 Å². The third-order valence-corrected chi connectivity index (χ3v) is 2.99. The average molecular weight is 189 g/mol. The molecule has 0 aliphatic heterocycles. The maximum atomic E-state index is 10.5. The smallest absolute Gasteiger partial charge is 0.321 e. The van der Waals surface area contributed by atoms with Gasteiger partial charge in [-0.05, 0) is 13.8 Å². The van der Waals surface area contributed by atoms with E-state index in [9.17, 15) is 4.79 Å². The monoisotopic (exact) mass is 189 g/mol. The van der Waals surface area contributed by atoms with Gasteiger partial charge in [-0.2, -0.15) is 0 Å². The topological polar surface area (TPSA) is 63.3 Å². The van der Waals surface area contributed by atoms with Crippen LogP contribution in [-0.2, 0) is 4.79 Å². The van der Waals surface area contributed by atoms with Crippen molar-refractivity contribution < 1.29 is 9.90 Å². The molecular formula is C8H15NO2S. The molecule has 0 fully saturated rings. The van der Waals surface area contributed by atoms with Crippen molar-refractivity contribution in [3.63, 3.8) is 0 Å². The van der Waals surface area contributed by atoms with Crippen LogP contribution in [-0.4, -0.2) is 27.6 Å². The van der Waals surface area contributed by atoms with E-state index in [4.69, 9.17) is 10.8 Å². The van der Waals surface area contributed by atoms with Crippen LogP contribution in [0.1, 0.15) is 13.8 Å². The summed E-state index contributed by atoms with van der Waals surface area (Å²) in [6.45, 7) is 7.20. The largest absolute Gasteiger partial charge is 0.480 e. The lowest BCUT2D eigenvalue weighted by Crippen LogP contribution is -2.46. The summed E-state index contributed by atoms with van der Waals surface area (Å²) in [5, 5.41) is 8.65. The molecule has 1 atom stereocenters. The number of carboxylic acid groups (broad SMARTS) is 1. The molecule has 3 N–H and O–H groups in total. The van der Waals surface area contributed by atoms with Crippen LogP contribution in [0.4, 0.5) is 0 Å². The molecular weight excluding hydrogens is 174 g/mol. The fourth-order valence-electron chi connectivity index (χ4n) is 0.661. The SMILES string of the molecule is C=CCSC(C)(C)[C@@H](N)C(=O)O. The van der Waals surface area contributed by atoms with Crippen LogP contribution < -0.4 is 5.73 Å². The predicted molar refractivity (Wildman–Crippen MR) is 52.3 cm³/mol. The summed E-state index contributed by atoms with van der Waals surface area (Å²) in [7, 11) is 0. The highest BCUT2D eigenvalue weighted by atomic mass is 32.2. The van der Waals surface area contributed by atoms with Crippen molar-refractivity contribution in [3.8, 4) is 0 Å². The van der Waals surface area contributed by atoms with E-state index in [1.165, 1.54) is 11.8 Å². The summed E-state index contributed by atoms with van der Waals surface area (Å²) in [4.78, 5) is 10.5. The minimum atomic E-state index is -0.962. The van der Waals surface area contributed by atoms with Crippen molar-refractivity contribution >= 4 is 17.7 Å². The van der Waals surface area contributed by atoms with Crippen molar-refractivity contribution in [1.29, 1.82) is 0 Å². The Morgan fingerprint density at radius 2 is 2.33 bits per heavy atom. The van der Waals surface area contributed by atoms with Gasteiger partial charge in [-0.3, -0.25) is 4.79 Å². The molecule has 0 saturated carbocycles. The first-order valence-corrected chi connectivity index (χ1v) is 4.63. The van der Waals surface area contributed by atoms with Crippen molar-refractivity contribution in [2.24, 2.45) is 5.73 Å². The normalized spacial score (nSPS) is 13.9. The molecule has 0 aliphatic rings. The molecule has 0 bridgehead atoms. The predicted octanol–water partition coefficient (Wildman–Crippen LogP) is 1.10. The molecule has 0 radical (unpaired) electrons. The minimum absolute atomic E-state index is 0.444. The molecule has 12 heavy (non-hydrogen) atoms. The Kier molecular flexibility index (Phi) is 4.34. The van der Waals surface area contributed by atoms with Crippen molar-refractivity contribution in [2.75, 3.05) is 5.75 Å². The summed E-state index contributed by atoms with van der Waals surface area (Å²) < 4.78 is -0.444. The quantitative estimate of drug-likeness (QED) is 0.636. The number of hydrogen-bond acceptors (Lipinski definition) is 3. The second-order valence-corrected chi connectivity index (χ2v) is 4.69. The van der Waals surface area contributed by atoms with Gasteiger partial charge < -0.3 is 10.8 Å². The van der Waals surface area contributed by atoms with Gasteiger partial charge in [0, 0.05) is 10.5 Å². The molecule has 4 heteroatoms. The molecule has 0 aliphatic carbocycles. The first-order chi connectivity index (χ1) is 5.41. The number of thioether (sulfide) groups is 1. The standard InChI is InChI=1S/C8H15NO2S/c1-4-5-12-8(2,3)6(9)7(10)11/h4,6H,1,5,9H2,2-3H3,(H,10,11)/t6-/m0/s1. The number of nitrogens with two attached hydrogens (primary N) is 1. The van der Waals surface area contributed by atoms with Crippen LogP contribution in [0.25, 0.3) is 0 Å². The van der Waals surface area contributed by atoms with Crippen molar-refractivity contribution in [1.82, 2.24) is 0 Å².